The molecule has 1 aromatic rings. The van der Waals surface area contributed by atoms with Crippen molar-refractivity contribution in [1.82, 2.24) is 15.1 Å². The number of carboxylic acids is 1. The Balaban J connectivity index is 1.75. The summed E-state index contributed by atoms with van der Waals surface area (Å²) in [6.07, 6.45) is 0.960. The van der Waals surface area contributed by atoms with Gasteiger partial charge in [-0.05, 0) is 56.4 Å². The number of benzene rings is 1. The van der Waals surface area contributed by atoms with Crippen molar-refractivity contribution in [1.29, 1.82) is 0 Å². The van der Waals surface area contributed by atoms with Gasteiger partial charge in [0.2, 0.25) is 11.8 Å². The monoisotopic (exact) mass is 514 g/mol. The van der Waals surface area contributed by atoms with E-state index < -0.39 is 23.6 Å². The van der Waals surface area contributed by atoms with Gasteiger partial charge >= 0.3 is 5.97 Å². The quantitative estimate of drug-likeness (QED) is 0.488. The van der Waals surface area contributed by atoms with E-state index in [1.165, 1.54) is 9.80 Å². The van der Waals surface area contributed by atoms with Crippen molar-refractivity contribution in [2.75, 3.05) is 32.1 Å². The molecule has 0 saturated carbocycles. The van der Waals surface area contributed by atoms with Gasteiger partial charge in [-0.25, -0.2) is 0 Å². The predicted molar refractivity (Wildman–Crippen MR) is 138 cm³/mol. The number of nitrogens with zero attached hydrogens (tertiary/aromatic N) is 3. The van der Waals surface area contributed by atoms with Crippen LogP contribution in [0, 0.1) is 5.92 Å². The van der Waals surface area contributed by atoms with Crippen LogP contribution in [0.15, 0.2) is 24.3 Å². The first-order chi connectivity index (χ1) is 17.3. The van der Waals surface area contributed by atoms with Crippen LogP contribution in [0.5, 0.6) is 0 Å². The summed E-state index contributed by atoms with van der Waals surface area (Å²) in [5, 5.41) is 11.7. The maximum atomic E-state index is 13.7. The van der Waals surface area contributed by atoms with E-state index in [1.54, 1.807) is 12.1 Å². The zero-order valence-electron chi connectivity index (χ0n) is 22.3. The topological polar surface area (TPSA) is 127 Å². The largest absolute Gasteiger partial charge is 0.481 e. The normalized spacial score (nSPS) is 21.7. The van der Waals surface area contributed by atoms with Gasteiger partial charge in [0.25, 0.3) is 5.91 Å². The second-order valence-electron chi connectivity index (χ2n) is 10.8. The molecule has 10 heteroatoms. The fraction of sp³-hybridized carbons (Fsp3) is 0.593. The van der Waals surface area contributed by atoms with Crippen molar-refractivity contribution in [3.05, 3.63) is 29.8 Å². The van der Waals surface area contributed by atoms with Gasteiger partial charge < -0.3 is 25.1 Å². The van der Waals surface area contributed by atoms with E-state index in [4.69, 9.17) is 5.11 Å². The number of nitrogens with one attached hydrogen (secondary N) is 1. The molecule has 3 unspecified atom stereocenters. The number of hydrogen-bond donors (Lipinski definition) is 2. The molecule has 0 radical (unpaired) electrons. The molecule has 0 aliphatic carbocycles. The van der Waals surface area contributed by atoms with Crippen molar-refractivity contribution >= 4 is 35.2 Å². The van der Waals surface area contributed by atoms with Gasteiger partial charge in [-0.15, -0.1) is 0 Å². The second-order valence-corrected chi connectivity index (χ2v) is 10.8. The molecule has 3 atom stereocenters. The van der Waals surface area contributed by atoms with Crippen LogP contribution >= 0.6 is 0 Å². The summed E-state index contributed by atoms with van der Waals surface area (Å²) in [7, 11) is 3.82. The molecular formula is C27H38N4O6. The maximum Gasteiger partial charge on any atom is 0.303 e. The van der Waals surface area contributed by atoms with E-state index in [0.717, 1.165) is 5.69 Å². The first-order valence-electron chi connectivity index (χ1n) is 12.8. The lowest BCUT2D eigenvalue weighted by atomic mass is 9.92. The lowest BCUT2D eigenvalue weighted by Crippen LogP contribution is -2.55. The Kier molecular flexibility index (Phi) is 8.60. The molecule has 0 spiro atoms. The summed E-state index contributed by atoms with van der Waals surface area (Å²) >= 11 is 0. The van der Waals surface area contributed by atoms with Gasteiger partial charge in [-0.2, -0.15) is 0 Å². The molecule has 2 aliphatic heterocycles. The van der Waals surface area contributed by atoms with Crippen LogP contribution in [0.2, 0.25) is 0 Å². The molecule has 2 saturated heterocycles. The number of likely N-dealkylation sites (tertiary alicyclic amines) is 2. The van der Waals surface area contributed by atoms with Crippen molar-refractivity contribution in [3.63, 3.8) is 0 Å². The number of ketones is 1. The average Bonchev–Trinajstić information content (AvgIpc) is 3.30. The van der Waals surface area contributed by atoms with Gasteiger partial charge in [-0.1, -0.05) is 13.8 Å². The third kappa shape index (κ3) is 6.11. The van der Waals surface area contributed by atoms with Crippen LogP contribution in [0.4, 0.5) is 5.69 Å². The highest BCUT2D eigenvalue weighted by Gasteiger charge is 2.59. The first-order valence-corrected chi connectivity index (χ1v) is 12.8. The Labute approximate surface area is 218 Å². The summed E-state index contributed by atoms with van der Waals surface area (Å²) in [6, 6.07) is 5.50. The number of carbonyl (C=O) groups excluding carboxylic acids is 4. The Hall–Kier alpha value is -3.43. The van der Waals surface area contributed by atoms with Gasteiger partial charge in [-0.3, -0.25) is 24.0 Å². The number of aliphatic carboxylic acids is 1. The fourth-order valence-corrected chi connectivity index (χ4v) is 5.36. The molecule has 202 valence electrons. The third-order valence-corrected chi connectivity index (χ3v) is 7.32. The molecule has 3 amide bonds. The third-order valence-electron chi connectivity index (χ3n) is 7.32. The summed E-state index contributed by atoms with van der Waals surface area (Å²) in [5.74, 6) is -2.03. The molecular weight excluding hydrogens is 476 g/mol. The molecule has 2 N–H and O–H groups in total. The maximum absolute atomic E-state index is 13.7. The minimum absolute atomic E-state index is 0.0362. The van der Waals surface area contributed by atoms with Crippen LogP contribution < -0.4 is 10.2 Å². The van der Waals surface area contributed by atoms with Crippen LogP contribution in [0.3, 0.4) is 0 Å². The number of anilines is 1. The minimum Gasteiger partial charge on any atom is -0.481 e. The highest BCUT2D eigenvalue weighted by Crippen LogP contribution is 2.40. The highest BCUT2D eigenvalue weighted by atomic mass is 16.4. The molecule has 2 heterocycles. The van der Waals surface area contributed by atoms with Gasteiger partial charge in [0.1, 0.15) is 12.1 Å². The van der Waals surface area contributed by atoms with Crippen LogP contribution in [-0.4, -0.2) is 89.2 Å². The van der Waals surface area contributed by atoms with E-state index in [2.05, 4.69) is 5.32 Å². The fourth-order valence-electron chi connectivity index (χ4n) is 5.36. The molecule has 2 fully saturated rings. The summed E-state index contributed by atoms with van der Waals surface area (Å²) in [6.45, 7) is 5.94. The number of amides is 3. The Morgan fingerprint density at radius 3 is 2.35 bits per heavy atom. The minimum atomic E-state index is -0.973. The number of carboxylic acid groups (broad SMARTS) is 1. The standard InChI is InChI=1S/C27H38N4O6/c1-17(2)15-20(28-25(36)18-9-11-19(12-10-18)29(4)5)26(37)30-14-13-27(3)24(30)21(32)16-31(27)22(33)7-6-8-23(34)35/h9-12,17,20,24H,6-8,13-16H2,1-5H3,(H,28,36)(H,34,35). The van der Waals surface area contributed by atoms with E-state index in [1.807, 2.05) is 51.9 Å². The van der Waals surface area contributed by atoms with Gasteiger partial charge in [0.05, 0.1) is 12.1 Å². The van der Waals surface area contributed by atoms with Crippen LogP contribution in [-0.2, 0) is 19.2 Å². The number of Topliss-reactive ketones (excluding diaryl/α,β-unsaturated/α-hetero) is 1. The van der Waals surface area contributed by atoms with E-state index in [0.29, 0.717) is 24.9 Å². The SMILES string of the molecule is CC(C)CC(NC(=O)c1ccc(N(C)C)cc1)C(=O)N1CCC2(C)C1C(=O)CN2C(=O)CCCC(=O)O. The lowest BCUT2D eigenvalue weighted by molar-refractivity contribution is -0.139. The zero-order chi connectivity index (χ0) is 27.5. The second kappa shape index (κ2) is 11.3. The van der Waals surface area contributed by atoms with E-state index in [9.17, 15) is 24.0 Å². The Bertz CT molecular complexity index is 1050. The Morgan fingerprint density at radius 2 is 1.78 bits per heavy atom. The summed E-state index contributed by atoms with van der Waals surface area (Å²) in [5.41, 5.74) is 0.541. The van der Waals surface area contributed by atoms with Crippen molar-refractivity contribution in [2.45, 2.75) is 70.5 Å². The number of carbonyl (C=O) groups is 5. The van der Waals surface area contributed by atoms with E-state index >= 15 is 0 Å². The number of fused-ring (bicyclic) bond motifs is 1. The van der Waals surface area contributed by atoms with Crippen LogP contribution in [0.25, 0.3) is 0 Å². The van der Waals surface area contributed by atoms with Gasteiger partial charge in [0.15, 0.2) is 5.78 Å². The van der Waals surface area contributed by atoms with Gasteiger partial charge in [0, 0.05) is 44.7 Å². The zero-order valence-corrected chi connectivity index (χ0v) is 22.3. The van der Waals surface area contributed by atoms with Crippen molar-refractivity contribution in [2.24, 2.45) is 5.92 Å². The van der Waals surface area contributed by atoms with Crippen molar-refractivity contribution in [3.8, 4) is 0 Å². The lowest BCUT2D eigenvalue weighted by Gasteiger charge is -2.35. The molecule has 37 heavy (non-hydrogen) atoms. The summed E-state index contributed by atoms with van der Waals surface area (Å²) < 4.78 is 0. The molecule has 10 nitrogen and oxygen atoms in total. The molecule has 2 aliphatic rings. The average molecular weight is 515 g/mol. The predicted octanol–water partition coefficient (Wildman–Crippen LogP) is 1.92. The molecule has 0 bridgehead atoms. The van der Waals surface area contributed by atoms with Crippen molar-refractivity contribution < 1.29 is 29.1 Å². The van der Waals surface area contributed by atoms with Crippen LogP contribution in [0.1, 0.15) is 63.2 Å². The summed E-state index contributed by atoms with van der Waals surface area (Å²) in [4.78, 5) is 68.5. The van der Waals surface area contributed by atoms with E-state index in [-0.39, 0.29) is 55.2 Å². The number of rotatable bonds is 10. The molecule has 0 aromatic heterocycles. The molecule has 3 rings (SSSR count). The smallest absolute Gasteiger partial charge is 0.303 e. The first kappa shape index (κ1) is 28.1. The molecule has 1 aromatic carbocycles. The highest BCUT2D eigenvalue weighted by molar-refractivity contribution is 6.01. The Morgan fingerprint density at radius 1 is 1.14 bits per heavy atom. The number of hydrogen-bond acceptors (Lipinski definition) is 6.